The summed E-state index contributed by atoms with van der Waals surface area (Å²) in [6, 6.07) is 17.0. The Balaban J connectivity index is 0.000000186. The minimum atomic E-state index is -0.242. The number of ether oxygens (including phenoxy) is 4. The van der Waals surface area contributed by atoms with E-state index in [0.717, 1.165) is 11.1 Å². The van der Waals surface area contributed by atoms with E-state index in [2.05, 4.69) is 34.9 Å². The first kappa shape index (κ1) is 42.7. The Labute approximate surface area is 363 Å². The zero-order valence-corrected chi connectivity index (χ0v) is 35.4. The molecule has 0 atom stereocenters. The maximum Gasteiger partial charge on any atom is 0.223 e. The van der Waals surface area contributed by atoms with Crippen LogP contribution in [0.2, 0.25) is 10.3 Å². The molecule has 1 aromatic carbocycles. The summed E-state index contributed by atoms with van der Waals surface area (Å²) < 4.78 is 24.8. The molecule has 8 aromatic rings. The van der Waals surface area contributed by atoms with Gasteiger partial charge < -0.3 is 39.5 Å². The van der Waals surface area contributed by atoms with Crippen molar-refractivity contribution in [3.05, 3.63) is 156 Å². The third kappa shape index (κ3) is 9.33. The molecule has 0 aliphatic heterocycles. The minimum absolute atomic E-state index is 0.0121. The highest BCUT2D eigenvalue weighted by Crippen LogP contribution is 2.29. The molecule has 62 heavy (non-hydrogen) atoms. The summed E-state index contributed by atoms with van der Waals surface area (Å²) in [7, 11) is 6.20. The molecule has 0 bridgehead atoms. The van der Waals surface area contributed by atoms with Crippen LogP contribution in [0.15, 0.2) is 101 Å². The summed E-state index contributed by atoms with van der Waals surface area (Å²) in [6.45, 7) is 0.610. The standard InChI is InChI=1S/C22H20ClN5O3.C21H19ClN6O3/c1-30-16-9-15(25-10-17(16)31-2)12-28-11-14(8-13-6-4-3-5-7-13)19(29)18-20(23)26-22(24)27-21(18)28;1-30-15-8-14(25-9-16(15)31-2)11-28-10-13(7-12-3-5-24-6-4-12)18(29)17-19(22)26-21(23)27-20(17)28/h3-7,9-11H,8,12H2,1-2H3,(H2,24,26,27);3-6,8-10H,7,11H2,1-2H3,(H2,23,26,27). The largest absolute Gasteiger partial charge is 0.493 e. The van der Waals surface area contributed by atoms with Crippen LogP contribution in [0.3, 0.4) is 0 Å². The van der Waals surface area contributed by atoms with Gasteiger partial charge in [0.15, 0.2) is 45.1 Å². The van der Waals surface area contributed by atoms with E-state index in [0.29, 0.717) is 82.7 Å². The Morgan fingerprint density at radius 1 is 0.581 bits per heavy atom. The number of fused-ring (bicyclic) bond motifs is 2. The van der Waals surface area contributed by atoms with E-state index < -0.39 is 0 Å². The van der Waals surface area contributed by atoms with Crippen molar-refractivity contribution in [2.24, 2.45) is 0 Å². The summed E-state index contributed by atoms with van der Waals surface area (Å²) in [5.41, 5.74) is 16.2. The minimum Gasteiger partial charge on any atom is -0.493 e. The predicted octanol–water partition coefficient (Wildman–Crippen LogP) is 5.55. The van der Waals surface area contributed by atoms with E-state index in [1.165, 1.54) is 0 Å². The number of hydrogen-bond donors (Lipinski definition) is 2. The van der Waals surface area contributed by atoms with Crippen molar-refractivity contribution in [3.8, 4) is 23.0 Å². The van der Waals surface area contributed by atoms with Crippen LogP contribution in [0.4, 0.5) is 11.9 Å². The monoisotopic (exact) mass is 875 g/mol. The lowest BCUT2D eigenvalue weighted by atomic mass is 10.1. The summed E-state index contributed by atoms with van der Waals surface area (Å²) in [5.74, 6) is 2.10. The maximum absolute atomic E-state index is 13.2. The zero-order chi connectivity index (χ0) is 43.9. The van der Waals surface area contributed by atoms with Gasteiger partial charge in [-0.3, -0.25) is 24.5 Å². The zero-order valence-electron chi connectivity index (χ0n) is 33.9. The molecule has 0 amide bonds. The summed E-state index contributed by atoms with van der Waals surface area (Å²) in [6.07, 6.45) is 10.9. The van der Waals surface area contributed by atoms with Gasteiger partial charge in [0.25, 0.3) is 0 Å². The molecule has 0 aliphatic carbocycles. The highest BCUT2D eigenvalue weighted by atomic mass is 35.5. The third-order valence-corrected chi connectivity index (χ3v) is 10.2. The van der Waals surface area contributed by atoms with E-state index >= 15 is 0 Å². The van der Waals surface area contributed by atoms with Gasteiger partial charge in [-0.25, -0.2) is 9.97 Å². The number of anilines is 2. The van der Waals surface area contributed by atoms with Crippen LogP contribution in [-0.4, -0.2) is 72.5 Å². The van der Waals surface area contributed by atoms with E-state index in [4.69, 9.17) is 53.6 Å². The number of hydrogen-bond acceptors (Lipinski definition) is 15. The topological polar surface area (TPSA) is 223 Å². The number of nitrogens with zero attached hydrogens (tertiary/aromatic N) is 9. The van der Waals surface area contributed by atoms with E-state index in [1.54, 1.807) is 86.9 Å². The Kier molecular flexibility index (Phi) is 13.0. The number of methoxy groups -OCH3 is 4. The van der Waals surface area contributed by atoms with Gasteiger partial charge in [-0.2, -0.15) is 9.97 Å². The number of halogens is 2. The van der Waals surface area contributed by atoms with Crippen LogP contribution in [0, 0.1) is 0 Å². The van der Waals surface area contributed by atoms with Gasteiger partial charge in [0.1, 0.15) is 21.1 Å². The fourth-order valence-corrected chi connectivity index (χ4v) is 7.24. The average molecular weight is 877 g/mol. The molecule has 17 nitrogen and oxygen atoms in total. The Morgan fingerprint density at radius 2 is 1.00 bits per heavy atom. The molecule has 0 spiro atoms. The first-order chi connectivity index (χ1) is 30.0. The highest BCUT2D eigenvalue weighted by Gasteiger charge is 2.19. The number of nitrogens with two attached hydrogens (primary N) is 2. The predicted molar refractivity (Wildman–Crippen MR) is 236 cm³/mol. The van der Waals surface area contributed by atoms with Crippen LogP contribution < -0.4 is 41.3 Å². The molecule has 19 heteroatoms. The molecule has 7 aromatic heterocycles. The van der Waals surface area contributed by atoms with E-state index in [1.807, 2.05) is 42.5 Å². The molecule has 0 fully saturated rings. The van der Waals surface area contributed by atoms with E-state index in [-0.39, 0.29) is 43.8 Å². The van der Waals surface area contributed by atoms with Crippen molar-refractivity contribution < 1.29 is 18.9 Å². The SMILES string of the molecule is COc1cnc(Cn2cc(Cc3ccccc3)c(=O)c3c(Cl)nc(N)nc32)cc1OC.COc1cnc(Cn2cc(Cc3ccncc3)c(=O)c3c(Cl)nc(N)nc32)cc1OC. The number of benzene rings is 1. The Hall–Kier alpha value is -7.37. The van der Waals surface area contributed by atoms with Gasteiger partial charge >= 0.3 is 0 Å². The van der Waals surface area contributed by atoms with Gasteiger partial charge in [-0.05, 0) is 23.3 Å². The Morgan fingerprint density at radius 3 is 1.42 bits per heavy atom. The number of aromatic nitrogens is 9. The second kappa shape index (κ2) is 18.9. The summed E-state index contributed by atoms with van der Waals surface area (Å²) >= 11 is 12.6. The number of pyridine rings is 5. The van der Waals surface area contributed by atoms with Crippen molar-refractivity contribution >= 4 is 57.2 Å². The fourth-order valence-electron chi connectivity index (χ4n) is 6.73. The van der Waals surface area contributed by atoms with Gasteiger partial charge in [-0.1, -0.05) is 53.5 Å². The number of nitrogen functional groups attached to an aromatic ring is 2. The van der Waals surface area contributed by atoms with Crippen molar-refractivity contribution in [1.29, 1.82) is 0 Å². The quantitative estimate of drug-likeness (QED) is 0.144. The molecular formula is C43H39Cl2N11O6. The van der Waals surface area contributed by atoms with Gasteiger partial charge in [-0.15, -0.1) is 0 Å². The number of rotatable bonds is 12. The van der Waals surface area contributed by atoms with Crippen molar-refractivity contribution in [1.82, 2.24) is 44.0 Å². The van der Waals surface area contributed by atoms with Crippen molar-refractivity contribution in [2.45, 2.75) is 25.9 Å². The molecule has 4 N–H and O–H groups in total. The molecule has 0 aliphatic rings. The maximum atomic E-state index is 13.2. The van der Waals surface area contributed by atoms with Crippen molar-refractivity contribution in [3.63, 3.8) is 0 Å². The second-order valence-electron chi connectivity index (χ2n) is 13.6. The van der Waals surface area contributed by atoms with E-state index in [9.17, 15) is 9.59 Å². The second-order valence-corrected chi connectivity index (χ2v) is 14.3. The molecular weight excluding hydrogens is 837 g/mol. The van der Waals surface area contributed by atoms with Gasteiger partial charge in [0.05, 0.1) is 65.3 Å². The Bertz CT molecular complexity index is 2820. The first-order valence-corrected chi connectivity index (χ1v) is 19.5. The van der Waals surface area contributed by atoms with Gasteiger partial charge in [0.2, 0.25) is 11.9 Å². The summed E-state index contributed by atoms with van der Waals surface area (Å²) in [4.78, 5) is 55.7. The molecule has 0 radical (unpaired) electrons. The average Bonchev–Trinajstić information content (AvgIpc) is 3.27. The molecule has 0 saturated heterocycles. The molecule has 8 rings (SSSR count). The normalized spacial score (nSPS) is 10.9. The lowest BCUT2D eigenvalue weighted by molar-refractivity contribution is 0.352. The smallest absolute Gasteiger partial charge is 0.223 e. The lowest BCUT2D eigenvalue weighted by Crippen LogP contribution is -2.18. The molecule has 0 unspecified atom stereocenters. The molecule has 7 heterocycles. The summed E-state index contributed by atoms with van der Waals surface area (Å²) in [5, 5.41) is 0.474. The first-order valence-electron chi connectivity index (χ1n) is 18.8. The van der Waals surface area contributed by atoms with Crippen LogP contribution >= 0.6 is 23.2 Å². The lowest BCUT2D eigenvalue weighted by Gasteiger charge is -2.15. The van der Waals surface area contributed by atoms with Crippen molar-refractivity contribution in [2.75, 3.05) is 39.9 Å². The van der Waals surface area contributed by atoms with Crippen LogP contribution in [-0.2, 0) is 25.9 Å². The fraction of sp³-hybridized carbons (Fsp3) is 0.186. The highest BCUT2D eigenvalue weighted by molar-refractivity contribution is 6.34. The van der Waals surface area contributed by atoms with Crippen LogP contribution in [0.1, 0.15) is 33.6 Å². The molecule has 316 valence electrons. The van der Waals surface area contributed by atoms with Crippen LogP contribution in [0.5, 0.6) is 23.0 Å². The van der Waals surface area contributed by atoms with Gasteiger partial charge in [0, 0.05) is 60.9 Å². The van der Waals surface area contributed by atoms with Crippen LogP contribution in [0.25, 0.3) is 22.1 Å². The molecule has 0 saturated carbocycles. The third-order valence-electron chi connectivity index (χ3n) is 9.63.